The fourth-order valence-corrected chi connectivity index (χ4v) is 4.42. The number of anilines is 1. The highest BCUT2D eigenvalue weighted by Crippen LogP contribution is 2.26. The summed E-state index contributed by atoms with van der Waals surface area (Å²) in [4.78, 5) is 37.6. The molecule has 1 atom stereocenters. The van der Waals surface area contributed by atoms with Crippen molar-refractivity contribution in [3.63, 3.8) is 0 Å². The number of carbonyl (C=O) groups excluding carboxylic acids is 3. The Labute approximate surface area is 227 Å². The maximum Gasteiger partial charge on any atom is 0.338 e. The smallest absolute Gasteiger partial charge is 0.338 e. The molecule has 2 N–H and O–H groups in total. The third-order valence-corrected chi connectivity index (χ3v) is 6.56. The summed E-state index contributed by atoms with van der Waals surface area (Å²) in [6.07, 6.45) is 1.72. The van der Waals surface area contributed by atoms with Crippen LogP contribution in [0.3, 0.4) is 0 Å². The quantitative estimate of drug-likeness (QED) is 0.194. The third-order valence-electron chi connectivity index (χ3n) is 5.59. The molecule has 1 heterocycles. The number of benzene rings is 2. The van der Waals surface area contributed by atoms with Gasteiger partial charge in [0.25, 0.3) is 5.91 Å². The first-order chi connectivity index (χ1) is 18.2. The minimum absolute atomic E-state index is 0.0324. The first kappa shape index (κ1) is 28.6. The van der Waals surface area contributed by atoms with Crippen molar-refractivity contribution in [2.24, 2.45) is 5.92 Å². The molecule has 0 saturated heterocycles. The van der Waals surface area contributed by atoms with Gasteiger partial charge >= 0.3 is 5.97 Å². The highest BCUT2D eigenvalue weighted by molar-refractivity contribution is 7.99. The Balaban J connectivity index is 1.71. The van der Waals surface area contributed by atoms with Gasteiger partial charge in [-0.3, -0.25) is 9.59 Å². The number of nitrogens with zero attached hydrogens (tertiary/aromatic N) is 3. The van der Waals surface area contributed by atoms with Crippen molar-refractivity contribution < 1.29 is 19.1 Å². The van der Waals surface area contributed by atoms with Crippen LogP contribution in [0.25, 0.3) is 0 Å². The lowest BCUT2D eigenvalue weighted by molar-refractivity contribution is -0.113. The molecular weight excluding hydrogens is 502 g/mol. The second-order valence-corrected chi connectivity index (χ2v) is 9.88. The highest BCUT2D eigenvalue weighted by atomic mass is 32.2. The largest absolute Gasteiger partial charge is 0.462 e. The van der Waals surface area contributed by atoms with E-state index in [-0.39, 0.29) is 30.1 Å². The van der Waals surface area contributed by atoms with Crippen LogP contribution in [0.15, 0.2) is 66.3 Å². The van der Waals surface area contributed by atoms with Gasteiger partial charge in [0.05, 0.1) is 24.0 Å². The summed E-state index contributed by atoms with van der Waals surface area (Å²) in [6.45, 7) is 12.2. The molecule has 0 spiro atoms. The van der Waals surface area contributed by atoms with Crippen molar-refractivity contribution in [3.05, 3.63) is 83.7 Å². The van der Waals surface area contributed by atoms with Gasteiger partial charge in [0.1, 0.15) is 0 Å². The van der Waals surface area contributed by atoms with E-state index in [0.29, 0.717) is 34.3 Å². The van der Waals surface area contributed by atoms with Crippen LogP contribution < -0.4 is 10.6 Å². The van der Waals surface area contributed by atoms with Gasteiger partial charge in [-0.05, 0) is 50.1 Å². The Bertz CT molecular complexity index is 1290. The van der Waals surface area contributed by atoms with Crippen molar-refractivity contribution in [1.29, 1.82) is 0 Å². The summed E-state index contributed by atoms with van der Waals surface area (Å²) >= 11 is 1.22. The minimum atomic E-state index is -0.447. The monoisotopic (exact) mass is 535 g/mol. The lowest BCUT2D eigenvalue weighted by Gasteiger charge is -2.22. The number of esters is 1. The topological polar surface area (TPSA) is 115 Å². The Hall–Kier alpha value is -3.92. The SMILES string of the molecule is C=CCn1c(SCC(=O)Nc2cccc(C(=O)OCC)c2)nnc1[C@H](NC(=O)c1ccc(C)cc1)C(C)C. The van der Waals surface area contributed by atoms with Crippen molar-refractivity contribution >= 4 is 35.2 Å². The van der Waals surface area contributed by atoms with Gasteiger partial charge < -0.3 is 19.9 Å². The van der Waals surface area contributed by atoms with Gasteiger partial charge in [-0.25, -0.2) is 4.79 Å². The van der Waals surface area contributed by atoms with Crippen molar-refractivity contribution in [3.8, 4) is 0 Å². The predicted octanol–water partition coefficient (Wildman–Crippen LogP) is 4.81. The number of hydrogen-bond donors (Lipinski definition) is 2. The van der Waals surface area contributed by atoms with E-state index in [2.05, 4.69) is 27.4 Å². The molecule has 38 heavy (non-hydrogen) atoms. The van der Waals surface area contributed by atoms with Gasteiger partial charge in [0.15, 0.2) is 11.0 Å². The molecule has 0 aliphatic rings. The fraction of sp³-hybridized carbons (Fsp3) is 0.321. The molecule has 0 radical (unpaired) electrons. The molecule has 2 amide bonds. The first-order valence-electron chi connectivity index (χ1n) is 12.3. The summed E-state index contributed by atoms with van der Waals surface area (Å²) in [6, 6.07) is 13.6. The summed E-state index contributed by atoms with van der Waals surface area (Å²) < 4.78 is 6.87. The van der Waals surface area contributed by atoms with E-state index in [1.807, 2.05) is 37.5 Å². The Morgan fingerprint density at radius 3 is 2.50 bits per heavy atom. The molecule has 3 aromatic rings. The Morgan fingerprint density at radius 2 is 1.84 bits per heavy atom. The predicted molar refractivity (Wildman–Crippen MR) is 148 cm³/mol. The molecule has 0 aliphatic carbocycles. The summed E-state index contributed by atoms with van der Waals surface area (Å²) in [5.74, 6) is -0.220. The van der Waals surface area contributed by atoms with E-state index in [1.54, 1.807) is 49.4 Å². The summed E-state index contributed by atoms with van der Waals surface area (Å²) in [5, 5.41) is 15.1. The lowest BCUT2D eigenvalue weighted by Crippen LogP contribution is -2.33. The average molecular weight is 536 g/mol. The van der Waals surface area contributed by atoms with Crippen LogP contribution in [0.5, 0.6) is 0 Å². The molecule has 200 valence electrons. The van der Waals surface area contributed by atoms with E-state index in [1.165, 1.54) is 11.8 Å². The molecule has 9 nitrogen and oxygen atoms in total. The Kier molecular flexibility index (Phi) is 10.2. The normalized spacial score (nSPS) is 11.6. The lowest BCUT2D eigenvalue weighted by atomic mass is 10.0. The molecule has 0 bridgehead atoms. The van der Waals surface area contributed by atoms with Crippen molar-refractivity contribution in [2.75, 3.05) is 17.7 Å². The summed E-state index contributed by atoms with van der Waals surface area (Å²) in [7, 11) is 0. The number of hydrogen-bond acceptors (Lipinski definition) is 7. The van der Waals surface area contributed by atoms with E-state index in [0.717, 1.165) is 5.56 Å². The molecule has 0 aliphatic heterocycles. The van der Waals surface area contributed by atoms with Crippen LogP contribution in [0.2, 0.25) is 0 Å². The van der Waals surface area contributed by atoms with E-state index in [4.69, 9.17) is 4.74 Å². The standard InChI is InChI=1S/C28H33N5O4S/c1-6-15-33-25(24(18(3)4)30-26(35)20-13-11-19(5)12-14-20)31-32-28(33)38-17-23(34)29-22-10-8-9-21(16-22)27(36)37-7-2/h6,8-14,16,18,24H,1,7,15,17H2,2-5H3,(H,29,34)(H,30,35)/t24-/m1/s1. The Morgan fingerprint density at radius 1 is 1.11 bits per heavy atom. The van der Waals surface area contributed by atoms with Crippen molar-refractivity contribution in [2.45, 2.75) is 45.4 Å². The molecular formula is C28H33N5O4S. The number of ether oxygens (including phenoxy) is 1. The summed E-state index contributed by atoms with van der Waals surface area (Å²) in [5.41, 5.74) is 2.49. The maximum absolute atomic E-state index is 12.9. The van der Waals surface area contributed by atoms with Crippen LogP contribution in [0, 0.1) is 12.8 Å². The number of aromatic nitrogens is 3. The van der Waals surface area contributed by atoms with Crippen LogP contribution in [-0.2, 0) is 16.1 Å². The van der Waals surface area contributed by atoms with E-state index in [9.17, 15) is 14.4 Å². The molecule has 10 heteroatoms. The number of nitrogens with one attached hydrogen (secondary N) is 2. The molecule has 3 rings (SSSR count). The maximum atomic E-state index is 12.9. The second kappa shape index (κ2) is 13.6. The zero-order chi connectivity index (χ0) is 27.7. The minimum Gasteiger partial charge on any atom is -0.462 e. The van der Waals surface area contributed by atoms with Crippen LogP contribution >= 0.6 is 11.8 Å². The molecule has 0 saturated carbocycles. The van der Waals surface area contributed by atoms with Gasteiger partial charge in [0, 0.05) is 17.8 Å². The molecule has 0 unspecified atom stereocenters. The van der Waals surface area contributed by atoms with Gasteiger partial charge in [-0.2, -0.15) is 0 Å². The van der Waals surface area contributed by atoms with Crippen molar-refractivity contribution in [1.82, 2.24) is 20.1 Å². The van der Waals surface area contributed by atoms with Gasteiger partial charge in [-0.1, -0.05) is 55.4 Å². The van der Waals surface area contributed by atoms with Crippen LogP contribution in [0.1, 0.15) is 58.9 Å². The number of aryl methyl sites for hydroxylation is 1. The molecule has 1 aromatic heterocycles. The van der Waals surface area contributed by atoms with Gasteiger partial charge in [-0.15, -0.1) is 16.8 Å². The number of allylic oxidation sites excluding steroid dienone is 1. The molecule has 2 aromatic carbocycles. The number of rotatable bonds is 12. The zero-order valence-electron chi connectivity index (χ0n) is 22.1. The second-order valence-electron chi connectivity index (χ2n) is 8.94. The number of carbonyl (C=O) groups is 3. The zero-order valence-corrected chi connectivity index (χ0v) is 22.9. The molecule has 0 fully saturated rings. The van der Waals surface area contributed by atoms with Crippen LogP contribution in [-0.4, -0.2) is 44.9 Å². The van der Waals surface area contributed by atoms with Gasteiger partial charge in [0.2, 0.25) is 5.91 Å². The average Bonchev–Trinajstić information content (AvgIpc) is 3.28. The van der Waals surface area contributed by atoms with Crippen LogP contribution in [0.4, 0.5) is 5.69 Å². The fourth-order valence-electron chi connectivity index (χ4n) is 3.66. The highest BCUT2D eigenvalue weighted by Gasteiger charge is 2.26. The number of amides is 2. The van der Waals surface area contributed by atoms with E-state index >= 15 is 0 Å². The number of thioether (sulfide) groups is 1. The third kappa shape index (κ3) is 7.55. The van der Waals surface area contributed by atoms with E-state index < -0.39 is 12.0 Å². The first-order valence-corrected chi connectivity index (χ1v) is 13.3.